The molecule has 0 radical (unpaired) electrons. The summed E-state index contributed by atoms with van der Waals surface area (Å²) in [5, 5.41) is 0. The van der Waals surface area contributed by atoms with Crippen LogP contribution in [0, 0.1) is 0 Å². The Balaban J connectivity index is 2.11. The molecular weight excluding hydrogens is 254 g/mol. The normalized spacial score (nSPS) is 20.3. The number of primary amides is 1. The number of hydrogen-bond acceptors (Lipinski definition) is 2. The van der Waals surface area contributed by atoms with Gasteiger partial charge >= 0.3 is 11.9 Å². The Labute approximate surface area is 116 Å². The van der Waals surface area contributed by atoms with E-state index in [-0.39, 0.29) is 10.5 Å². The highest BCUT2D eigenvalue weighted by molar-refractivity contribution is 6.08. The second-order valence-corrected chi connectivity index (χ2v) is 4.75. The topological polar surface area (TPSA) is 72.2 Å². The van der Waals surface area contributed by atoms with Gasteiger partial charge in [0.1, 0.15) is 12.1 Å². The smallest absolute Gasteiger partial charge is 0.316 e. The number of amides is 3. The summed E-state index contributed by atoms with van der Waals surface area (Å²) in [6.45, 7) is 0.291. The first-order chi connectivity index (χ1) is 9.63. The maximum absolute atomic E-state index is 12.0. The van der Waals surface area contributed by atoms with E-state index in [9.17, 15) is 9.59 Å². The van der Waals surface area contributed by atoms with Gasteiger partial charge in [0.2, 0.25) is 0 Å². The quantitative estimate of drug-likeness (QED) is 0.817. The molecule has 1 atom stereocenters. The number of urea groups is 1. The third-order valence-corrected chi connectivity index (χ3v) is 3.49. The van der Waals surface area contributed by atoms with Gasteiger partial charge in [-0.2, -0.15) is 5.43 Å². The highest BCUT2D eigenvalue weighted by Crippen LogP contribution is 2.33. The molecule has 0 bridgehead atoms. The van der Waals surface area contributed by atoms with Crippen molar-refractivity contribution in [1.82, 2.24) is 10.0 Å². The van der Waals surface area contributed by atoms with Gasteiger partial charge in [0.25, 0.3) is 0 Å². The SMILES string of the molecule is NC(=O)[N+]1(Cc2ccccc2)NC(=O)c2ccccc21. The van der Waals surface area contributed by atoms with Crippen molar-refractivity contribution < 1.29 is 9.59 Å². The molecule has 2 aromatic carbocycles. The standard InChI is InChI=1S/C15H13N3O2/c16-15(20)18(10-11-6-2-1-3-7-11)13-9-5-4-8-12(13)14(19)17-18/h1-9H,10H2,(H2-,16,17,19,20)/p+1. The fraction of sp³-hybridized carbons (Fsp3) is 0.0667. The Kier molecular flexibility index (Phi) is 2.76. The summed E-state index contributed by atoms with van der Waals surface area (Å²) in [4.78, 5) is 24.1. The number of quaternary nitrogens is 1. The lowest BCUT2D eigenvalue weighted by atomic mass is 10.1. The van der Waals surface area contributed by atoms with E-state index < -0.39 is 6.03 Å². The molecule has 1 heterocycles. The zero-order chi connectivity index (χ0) is 14.2. The number of carbonyl (C=O) groups excluding carboxylic acids is 2. The van der Waals surface area contributed by atoms with Crippen molar-refractivity contribution >= 4 is 17.6 Å². The molecule has 5 nitrogen and oxygen atoms in total. The van der Waals surface area contributed by atoms with E-state index in [4.69, 9.17) is 5.73 Å². The molecule has 0 aromatic heterocycles. The highest BCUT2D eigenvalue weighted by Gasteiger charge is 2.48. The van der Waals surface area contributed by atoms with Crippen LogP contribution in [0.25, 0.3) is 0 Å². The first kappa shape index (κ1) is 12.4. The Morgan fingerprint density at radius 2 is 1.70 bits per heavy atom. The maximum Gasteiger partial charge on any atom is 0.444 e. The van der Waals surface area contributed by atoms with Crippen molar-refractivity contribution in [2.24, 2.45) is 5.73 Å². The molecule has 2 aromatic rings. The Hall–Kier alpha value is -2.66. The number of hydrogen-bond donors (Lipinski definition) is 2. The van der Waals surface area contributed by atoms with E-state index in [0.717, 1.165) is 5.56 Å². The van der Waals surface area contributed by atoms with Crippen molar-refractivity contribution in [3.63, 3.8) is 0 Å². The van der Waals surface area contributed by atoms with Gasteiger partial charge in [0.05, 0.1) is 0 Å². The molecule has 3 N–H and O–H groups in total. The number of nitrogens with zero attached hydrogens (tertiary/aromatic N) is 1. The average Bonchev–Trinajstić information content (AvgIpc) is 2.75. The van der Waals surface area contributed by atoms with Crippen LogP contribution in [0.2, 0.25) is 0 Å². The lowest BCUT2D eigenvalue weighted by molar-refractivity contribution is 0.0878. The van der Waals surface area contributed by atoms with Gasteiger partial charge in [0.15, 0.2) is 5.69 Å². The van der Waals surface area contributed by atoms with E-state index in [2.05, 4.69) is 5.43 Å². The fourth-order valence-corrected chi connectivity index (χ4v) is 2.53. The van der Waals surface area contributed by atoms with Gasteiger partial charge in [-0.25, -0.2) is 4.79 Å². The molecule has 0 spiro atoms. The molecule has 5 heteroatoms. The zero-order valence-corrected chi connectivity index (χ0v) is 10.7. The third kappa shape index (κ3) is 1.76. The molecule has 3 amide bonds. The summed E-state index contributed by atoms with van der Waals surface area (Å²) in [7, 11) is 0. The summed E-state index contributed by atoms with van der Waals surface area (Å²) < 4.78 is -0.376. The lowest BCUT2D eigenvalue weighted by Crippen LogP contribution is -2.63. The molecule has 1 aliphatic rings. The molecule has 0 aliphatic carbocycles. The minimum atomic E-state index is -0.604. The van der Waals surface area contributed by atoms with Crippen LogP contribution < -0.4 is 15.8 Å². The van der Waals surface area contributed by atoms with E-state index in [1.54, 1.807) is 24.3 Å². The van der Waals surface area contributed by atoms with Crippen LogP contribution in [0.15, 0.2) is 54.6 Å². The minimum Gasteiger partial charge on any atom is -0.316 e. The van der Waals surface area contributed by atoms with Gasteiger partial charge in [-0.05, 0) is 6.07 Å². The second kappa shape index (κ2) is 4.47. The van der Waals surface area contributed by atoms with E-state index in [0.29, 0.717) is 17.8 Å². The second-order valence-electron chi connectivity index (χ2n) is 4.75. The molecule has 0 saturated carbocycles. The molecule has 0 fully saturated rings. The zero-order valence-electron chi connectivity index (χ0n) is 10.7. The van der Waals surface area contributed by atoms with Gasteiger partial charge in [0, 0.05) is 11.6 Å². The molecule has 0 saturated heterocycles. The number of benzene rings is 2. The monoisotopic (exact) mass is 268 g/mol. The van der Waals surface area contributed by atoms with Crippen molar-refractivity contribution in [3.05, 3.63) is 65.7 Å². The molecule has 1 unspecified atom stereocenters. The summed E-state index contributed by atoms with van der Waals surface area (Å²) >= 11 is 0. The number of nitrogens with two attached hydrogens (primary N) is 1. The van der Waals surface area contributed by atoms with Crippen molar-refractivity contribution in [1.29, 1.82) is 0 Å². The van der Waals surface area contributed by atoms with Gasteiger partial charge in [-0.3, -0.25) is 4.79 Å². The average molecular weight is 268 g/mol. The van der Waals surface area contributed by atoms with Crippen molar-refractivity contribution in [2.75, 3.05) is 0 Å². The maximum atomic E-state index is 12.0. The molecular formula is C15H14N3O2+. The lowest BCUT2D eigenvalue weighted by Gasteiger charge is -2.27. The Bertz CT molecular complexity index is 685. The Morgan fingerprint density at radius 3 is 2.40 bits per heavy atom. The Morgan fingerprint density at radius 1 is 1.05 bits per heavy atom. The number of carbonyl (C=O) groups is 2. The molecule has 1 aliphatic heterocycles. The highest BCUT2D eigenvalue weighted by atomic mass is 16.2. The largest absolute Gasteiger partial charge is 0.444 e. The summed E-state index contributed by atoms with van der Waals surface area (Å²) in [5.74, 6) is -0.282. The van der Waals surface area contributed by atoms with Crippen LogP contribution in [0.1, 0.15) is 15.9 Å². The third-order valence-electron chi connectivity index (χ3n) is 3.49. The van der Waals surface area contributed by atoms with E-state index >= 15 is 0 Å². The number of para-hydroxylation sites is 1. The van der Waals surface area contributed by atoms with E-state index in [1.165, 1.54) is 0 Å². The van der Waals surface area contributed by atoms with Gasteiger partial charge in [-0.15, -0.1) is 4.59 Å². The molecule has 100 valence electrons. The predicted molar refractivity (Wildman–Crippen MR) is 75.4 cm³/mol. The minimum absolute atomic E-state index is 0.282. The summed E-state index contributed by atoms with van der Waals surface area (Å²) in [5.41, 5.74) is 10.3. The van der Waals surface area contributed by atoms with Crippen LogP contribution in [-0.2, 0) is 6.54 Å². The van der Waals surface area contributed by atoms with E-state index in [1.807, 2.05) is 30.3 Å². The molecule has 3 rings (SSSR count). The van der Waals surface area contributed by atoms with Crippen LogP contribution >= 0.6 is 0 Å². The summed E-state index contributed by atoms with van der Waals surface area (Å²) in [6, 6.07) is 15.9. The first-order valence-electron chi connectivity index (χ1n) is 6.28. The molecule has 20 heavy (non-hydrogen) atoms. The fourth-order valence-electron chi connectivity index (χ4n) is 2.53. The number of fused-ring (bicyclic) bond motifs is 1. The number of nitrogens with one attached hydrogen (secondary N) is 1. The first-order valence-corrected chi connectivity index (χ1v) is 6.28. The van der Waals surface area contributed by atoms with Crippen molar-refractivity contribution in [2.45, 2.75) is 6.54 Å². The predicted octanol–water partition coefficient (Wildman–Crippen LogP) is 1.93. The number of rotatable bonds is 2. The summed E-state index contributed by atoms with van der Waals surface area (Å²) in [6.07, 6.45) is 0. The van der Waals surface area contributed by atoms with Crippen LogP contribution in [0.4, 0.5) is 10.5 Å². The van der Waals surface area contributed by atoms with Crippen LogP contribution in [-0.4, -0.2) is 11.9 Å². The van der Waals surface area contributed by atoms with Crippen molar-refractivity contribution in [3.8, 4) is 0 Å². The van der Waals surface area contributed by atoms with Gasteiger partial charge < -0.3 is 5.73 Å². The van der Waals surface area contributed by atoms with Crippen LogP contribution in [0.5, 0.6) is 0 Å². The van der Waals surface area contributed by atoms with Gasteiger partial charge in [-0.1, -0.05) is 42.5 Å². The van der Waals surface area contributed by atoms with Crippen LogP contribution in [0.3, 0.4) is 0 Å².